The first-order valence-electron chi connectivity index (χ1n) is 12.7. The summed E-state index contributed by atoms with van der Waals surface area (Å²) in [7, 11) is -9.07. The van der Waals surface area contributed by atoms with Gasteiger partial charge in [0.1, 0.15) is 18.8 Å². The Morgan fingerprint density at radius 2 is 1.09 bits per heavy atom. The van der Waals surface area contributed by atoms with E-state index in [9.17, 15) is 49.9 Å². The molecule has 0 amide bonds. The number of carbonyl (C=O) groups is 5. The van der Waals surface area contributed by atoms with Crippen LogP contribution in [0.1, 0.15) is 27.7 Å². The average Bonchev–Trinajstić information content (AvgIpc) is 2.90. The molecule has 2 saturated heterocycles. The van der Waals surface area contributed by atoms with Crippen LogP contribution < -0.4 is 0 Å². The van der Waals surface area contributed by atoms with Gasteiger partial charge in [0.05, 0.1) is 7.11 Å². The van der Waals surface area contributed by atoms with E-state index in [2.05, 4.69) is 13.1 Å². The van der Waals surface area contributed by atoms with E-state index in [4.69, 9.17) is 37.9 Å². The highest BCUT2D eigenvalue weighted by atomic mass is 32.3. The largest absolute Gasteiger partial charge is 0.467 e. The van der Waals surface area contributed by atoms with Crippen LogP contribution in [0.2, 0.25) is 0 Å². The van der Waals surface area contributed by atoms with E-state index in [-0.39, 0.29) is 0 Å². The lowest BCUT2D eigenvalue weighted by molar-refractivity contribution is -0.349. The van der Waals surface area contributed by atoms with E-state index in [1.165, 1.54) is 0 Å². The second-order valence-corrected chi connectivity index (χ2v) is 11.4. The minimum atomic E-state index is -5.52. The molecule has 0 aromatic rings. The smallest absolute Gasteiger partial charge is 0.397 e. The predicted octanol–water partition coefficient (Wildman–Crippen LogP) is -2.62. The Kier molecular flexibility index (Phi) is 13.7. The van der Waals surface area contributed by atoms with Gasteiger partial charge < -0.3 is 42.6 Å². The van der Waals surface area contributed by atoms with Gasteiger partial charge in [0, 0.05) is 34.8 Å². The molecule has 2 N–H and O–H groups in total. The van der Waals surface area contributed by atoms with Crippen molar-refractivity contribution in [1.82, 2.24) is 0 Å². The maximum absolute atomic E-state index is 12.8. The fourth-order valence-electron chi connectivity index (χ4n) is 4.40. The summed E-state index contributed by atoms with van der Waals surface area (Å²) in [4.78, 5) is 60.5. The molecule has 2 aliphatic heterocycles. The predicted molar refractivity (Wildman–Crippen MR) is 137 cm³/mol. The molecule has 2 aliphatic rings. The van der Waals surface area contributed by atoms with E-state index in [0.717, 1.165) is 41.9 Å². The molecule has 24 heteroatoms. The Hall–Kier alpha value is -3.07. The lowest BCUT2D eigenvalue weighted by Crippen LogP contribution is -2.67. The third-order valence-electron chi connectivity index (χ3n) is 5.87. The molecule has 0 radical (unpaired) electrons. The highest BCUT2D eigenvalue weighted by Gasteiger charge is 2.59. The minimum Gasteiger partial charge on any atom is -0.467 e. The van der Waals surface area contributed by atoms with Crippen molar-refractivity contribution < 1.29 is 101 Å². The van der Waals surface area contributed by atoms with E-state index in [1.807, 2.05) is 0 Å². The standard InChI is InChI=1S/C22H32O22S2/c1-8(23)36-7-12-13(37-9(2)24)14(38-10(3)25)19(44-46(31,32)33)22(40-12)41-15-16(39-11(4)26)18(43-45(28,29)30)21(35-6)42-17(15)20(27)34-5/h12-19,21-22H,7H2,1-6H3,(H,28,29,30)(H,31,32,33)/t12-,13-,14+,15+,16+,17+,18-,19-,21+,22-/m1/s1. The van der Waals surface area contributed by atoms with E-state index >= 15 is 0 Å². The number of ether oxygens (including phenoxy) is 9. The summed E-state index contributed by atoms with van der Waals surface area (Å²) in [6, 6.07) is 0. The van der Waals surface area contributed by atoms with E-state index < -0.39 is 119 Å². The van der Waals surface area contributed by atoms with E-state index in [1.54, 1.807) is 0 Å². The van der Waals surface area contributed by atoms with Crippen LogP contribution in [0.4, 0.5) is 0 Å². The van der Waals surface area contributed by atoms with E-state index in [0.29, 0.717) is 0 Å². The van der Waals surface area contributed by atoms with Crippen molar-refractivity contribution in [2.45, 2.75) is 89.1 Å². The van der Waals surface area contributed by atoms with Gasteiger partial charge >= 0.3 is 50.6 Å². The maximum atomic E-state index is 12.8. The second-order valence-electron chi connectivity index (χ2n) is 9.33. The van der Waals surface area contributed by atoms with Gasteiger partial charge in [0.25, 0.3) is 0 Å². The van der Waals surface area contributed by atoms with Crippen LogP contribution in [0, 0.1) is 0 Å². The molecular weight excluding hydrogens is 680 g/mol. The van der Waals surface area contributed by atoms with Gasteiger partial charge in [-0.3, -0.25) is 28.3 Å². The summed E-state index contributed by atoms with van der Waals surface area (Å²) in [5, 5.41) is 0. The van der Waals surface area contributed by atoms with Crippen LogP contribution in [0.15, 0.2) is 0 Å². The molecule has 2 fully saturated rings. The van der Waals surface area contributed by atoms with Gasteiger partial charge in [0.15, 0.2) is 49.2 Å². The average molecular weight is 713 g/mol. The highest BCUT2D eigenvalue weighted by molar-refractivity contribution is 7.81. The van der Waals surface area contributed by atoms with Crippen molar-refractivity contribution in [3.8, 4) is 0 Å². The molecule has 2 heterocycles. The summed E-state index contributed by atoms with van der Waals surface area (Å²) < 4.78 is 122. The monoisotopic (exact) mass is 712 g/mol. The zero-order chi connectivity index (χ0) is 35.1. The molecule has 2 rings (SSSR count). The molecule has 0 spiro atoms. The number of rotatable bonds is 13. The third-order valence-corrected chi connectivity index (χ3v) is 6.80. The van der Waals surface area contributed by atoms with Crippen molar-refractivity contribution in [1.29, 1.82) is 0 Å². The molecule has 0 aromatic heterocycles. The van der Waals surface area contributed by atoms with Crippen LogP contribution in [0.3, 0.4) is 0 Å². The summed E-state index contributed by atoms with van der Waals surface area (Å²) in [6.07, 6.45) is -20.5. The molecule has 0 unspecified atom stereocenters. The van der Waals surface area contributed by atoms with Crippen LogP contribution in [0.25, 0.3) is 0 Å². The van der Waals surface area contributed by atoms with Crippen LogP contribution in [0.5, 0.6) is 0 Å². The Morgan fingerprint density at radius 3 is 1.50 bits per heavy atom. The van der Waals surface area contributed by atoms with Gasteiger partial charge in [-0.15, -0.1) is 0 Å². The van der Waals surface area contributed by atoms with Crippen molar-refractivity contribution >= 4 is 50.6 Å². The van der Waals surface area contributed by atoms with Crippen LogP contribution in [-0.2, 0) is 95.8 Å². The lowest BCUT2D eigenvalue weighted by atomic mass is 9.96. The number of hydrogen-bond donors (Lipinski definition) is 2. The zero-order valence-electron chi connectivity index (χ0n) is 24.9. The van der Waals surface area contributed by atoms with Gasteiger partial charge in [-0.1, -0.05) is 0 Å². The molecule has 0 bridgehead atoms. The lowest BCUT2D eigenvalue weighted by Gasteiger charge is -2.47. The van der Waals surface area contributed by atoms with Gasteiger partial charge in [-0.05, 0) is 0 Å². The fraction of sp³-hybridized carbons (Fsp3) is 0.773. The summed E-state index contributed by atoms with van der Waals surface area (Å²) in [5.41, 5.74) is 0. The second kappa shape index (κ2) is 16.2. The first-order chi connectivity index (χ1) is 21.2. The number of carbonyl (C=O) groups excluding carboxylic acids is 5. The Labute approximate surface area is 261 Å². The Bertz CT molecular complexity index is 1350. The first-order valence-corrected chi connectivity index (χ1v) is 15.4. The Balaban J connectivity index is 2.79. The highest BCUT2D eigenvalue weighted by Crippen LogP contribution is 2.36. The molecule has 0 aromatic carbocycles. The van der Waals surface area contributed by atoms with Crippen molar-refractivity contribution in [2.24, 2.45) is 0 Å². The van der Waals surface area contributed by atoms with Gasteiger partial charge in [0.2, 0.25) is 0 Å². The van der Waals surface area contributed by atoms with Crippen LogP contribution in [-0.4, -0.2) is 138 Å². The number of methoxy groups -OCH3 is 2. The van der Waals surface area contributed by atoms with Crippen molar-refractivity contribution in [2.75, 3.05) is 20.8 Å². The molecular formula is C22H32O22S2. The number of hydrogen-bond acceptors (Lipinski definition) is 20. The summed E-state index contributed by atoms with van der Waals surface area (Å²) >= 11 is 0. The first kappa shape index (κ1) is 39.1. The number of esters is 5. The van der Waals surface area contributed by atoms with Crippen LogP contribution >= 0.6 is 0 Å². The molecule has 264 valence electrons. The summed E-state index contributed by atoms with van der Waals surface area (Å²) in [5.74, 6) is -5.50. The normalized spacial score (nSPS) is 31.7. The van der Waals surface area contributed by atoms with Crippen molar-refractivity contribution in [3.05, 3.63) is 0 Å². The Morgan fingerprint density at radius 1 is 0.630 bits per heavy atom. The third kappa shape index (κ3) is 11.3. The fourth-order valence-corrected chi connectivity index (χ4v) is 5.37. The molecule has 0 aliphatic carbocycles. The van der Waals surface area contributed by atoms with Gasteiger partial charge in [-0.25, -0.2) is 13.2 Å². The molecule has 0 saturated carbocycles. The quantitative estimate of drug-likeness (QED) is 0.112. The summed E-state index contributed by atoms with van der Waals surface area (Å²) in [6.45, 7) is 2.79. The SMILES string of the molecule is COC(=O)[C@H]1O[C@H](OC)[C@H](OS(=O)(=O)O)[C@@H](OC(C)=O)[C@@H]1O[C@H]1O[C@H](COC(C)=O)[C@@H](OC(C)=O)[C@H](OC(C)=O)[C@H]1OS(=O)(=O)O. The van der Waals surface area contributed by atoms with Crippen molar-refractivity contribution in [3.63, 3.8) is 0 Å². The molecule has 46 heavy (non-hydrogen) atoms. The topological polar surface area (TPSA) is 296 Å². The zero-order valence-corrected chi connectivity index (χ0v) is 26.5. The minimum absolute atomic E-state index is 0.779. The molecule has 10 atom stereocenters. The maximum Gasteiger partial charge on any atom is 0.397 e. The molecule has 22 nitrogen and oxygen atoms in total. The van der Waals surface area contributed by atoms with Gasteiger partial charge in [-0.2, -0.15) is 16.8 Å².